The van der Waals surface area contributed by atoms with E-state index < -0.39 is 5.54 Å². The Balaban J connectivity index is 1.95. The van der Waals surface area contributed by atoms with Crippen molar-refractivity contribution in [2.45, 2.75) is 52.0 Å². The van der Waals surface area contributed by atoms with Crippen molar-refractivity contribution in [2.24, 2.45) is 11.8 Å². The Bertz CT molecular complexity index is 344. The van der Waals surface area contributed by atoms with Gasteiger partial charge in [0.25, 0.3) is 0 Å². The normalized spacial score (nSPS) is 32.3. The lowest BCUT2D eigenvalue weighted by Crippen LogP contribution is -2.64. The fourth-order valence-corrected chi connectivity index (χ4v) is 3.05. The fraction of sp³-hybridized carbons (Fsp3) is 0.857. The molecule has 1 heterocycles. The summed E-state index contributed by atoms with van der Waals surface area (Å²) in [7, 11) is 0. The number of hydrogen-bond donors (Lipinski definition) is 1. The summed E-state index contributed by atoms with van der Waals surface area (Å²) in [6.07, 6.45) is 4.88. The van der Waals surface area contributed by atoms with Gasteiger partial charge in [-0.1, -0.05) is 19.8 Å². The van der Waals surface area contributed by atoms with E-state index in [0.717, 1.165) is 12.5 Å². The molecule has 4 nitrogen and oxygen atoms in total. The molecule has 102 valence electrons. The van der Waals surface area contributed by atoms with E-state index in [9.17, 15) is 9.59 Å². The highest BCUT2D eigenvalue weighted by Gasteiger charge is 2.39. The molecule has 0 radical (unpaired) electrons. The summed E-state index contributed by atoms with van der Waals surface area (Å²) in [5, 5.41) is 2.75. The SMILES string of the molecule is CC1CCC(CN2CC(=O)NC(C)(C)C2=O)CC1. The van der Waals surface area contributed by atoms with Gasteiger partial charge in [-0.05, 0) is 38.5 Å². The Morgan fingerprint density at radius 1 is 1.22 bits per heavy atom. The number of nitrogens with one attached hydrogen (secondary N) is 1. The van der Waals surface area contributed by atoms with Crippen molar-refractivity contribution in [1.82, 2.24) is 10.2 Å². The van der Waals surface area contributed by atoms with Gasteiger partial charge in [0.2, 0.25) is 11.8 Å². The van der Waals surface area contributed by atoms with E-state index in [4.69, 9.17) is 0 Å². The average molecular weight is 252 g/mol. The number of amides is 2. The third-order valence-electron chi connectivity index (χ3n) is 4.22. The van der Waals surface area contributed by atoms with Crippen LogP contribution in [0.4, 0.5) is 0 Å². The molecular formula is C14H24N2O2. The highest BCUT2D eigenvalue weighted by molar-refractivity contribution is 5.97. The average Bonchev–Trinajstić information content (AvgIpc) is 2.28. The molecule has 0 bridgehead atoms. The van der Waals surface area contributed by atoms with Gasteiger partial charge < -0.3 is 10.2 Å². The van der Waals surface area contributed by atoms with Crippen LogP contribution in [0.25, 0.3) is 0 Å². The van der Waals surface area contributed by atoms with Crippen molar-refractivity contribution >= 4 is 11.8 Å². The van der Waals surface area contributed by atoms with E-state index in [2.05, 4.69) is 12.2 Å². The summed E-state index contributed by atoms with van der Waals surface area (Å²) in [5.74, 6) is 1.41. The minimum atomic E-state index is -0.739. The summed E-state index contributed by atoms with van der Waals surface area (Å²) in [6, 6.07) is 0. The van der Waals surface area contributed by atoms with Gasteiger partial charge in [-0.15, -0.1) is 0 Å². The van der Waals surface area contributed by atoms with Crippen molar-refractivity contribution in [2.75, 3.05) is 13.1 Å². The first kappa shape index (κ1) is 13.4. The van der Waals surface area contributed by atoms with E-state index in [1.165, 1.54) is 25.7 Å². The maximum Gasteiger partial charge on any atom is 0.248 e. The lowest BCUT2D eigenvalue weighted by atomic mass is 9.82. The predicted octanol–water partition coefficient (Wildman–Crippen LogP) is 1.55. The van der Waals surface area contributed by atoms with Crippen LogP contribution in [0.3, 0.4) is 0 Å². The van der Waals surface area contributed by atoms with Crippen molar-refractivity contribution in [3.63, 3.8) is 0 Å². The van der Waals surface area contributed by atoms with Gasteiger partial charge in [0, 0.05) is 6.54 Å². The van der Waals surface area contributed by atoms with E-state index in [1.807, 2.05) is 0 Å². The number of carbonyl (C=O) groups is 2. The summed E-state index contributed by atoms with van der Waals surface area (Å²) in [5.41, 5.74) is -0.739. The molecule has 0 unspecified atom stereocenters. The molecule has 4 heteroatoms. The van der Waals surface area contributed by atoms with Gasteiger partial charge >= 0.3 is 0 Å². The van der Waals surface area contributed by atoms with Gasteiger partial charge in [0.15, 0.2) is 0 Å². The third kappa shape index (κ3) is 2.85. The molecule has 1 saturated carbocycles. The van der Waals surface area contributed by atoms with Crippen LogP contribution >= 0.6 is 0 Å². The van der Waals surface area contributed by atoms with Gasteiger partial charge in [-0.2, -0.15) is 0 Å². The third-order valence-corrected chi connectivity index (χ3v) is 4.22. The minimum absolute atomic E-state index is 0.0382. The Kier molecular flexibility index (Phi) is 3.64. The van der Waals surface area contributed by atoms with Crippen molar-refractivity contribution in [3.8, 4) is 0 Å². The van der Waals surface area contributed by atoms with Crippen LogP contribution in [0.5, 0.6) is 0 Å². The predicted molar refractivity (Wildman–Crippen MR) is 69.9 cm³/mol. The lowest BCUT2D eigenvalue weighted by Gasteiger charge is -2.40. The van der Waals surface area contributed by atoms with E-state index in [1.54, 1.807) is 18.7 Å². The van der Waals surface area contributed by atoms with Gasteiger partial charge in [-0.25, -0.2) is 0 Å². The number of piperazine rings is 1. The molecule has 2 amide bonds. The van der Waals surface area contributed by atoms with Gasteiger partial charge in [-0.3, -0.25) is 9.59 Å². The quantitative estimate of drug-likeness (QED) is 0.810. The van der Waals surface area contributed by atoms with E-state index >= 15 is 0 Å². The molecule has 0 atom stereocenters. The Morgan fingerprint density at radius 3 is 2.44 bits per heavy atom. The van der Waals surface area contributed by atoms with Crippen molar-refractivity contribution in [3.05, 3.63) is 0 Å². The van der Waals surface area contributed by atoms with Crippen LogP contribution in [0.1, 0.15) is 46.5 Å². The molecule has 0 aromatic rings. The summed E-state index contributed by atoms with van der Waals surface area (Å²) in [6.45, 7) is 6.83. The summed E-state index contributed by atoms with van der Waals surface area (Å²) < 4.78 is 0. The zero-order valence-electron chi connectivity index (χ0n) is 11.7. The molecule has 18 heavy (non-hydrogen) atoms. The molecule has 0 aromatic heterocycles. The Labute approximate surface area is 109 Å². The molecule has 2 aliphatic rings. The van der Waals surface area contributed by atoms with Crippen molar-refractivity contribution in [1.29, 1.82) is 0 Å². The van der Waals surface area contributed by atoms with Crippen LogP contribution in [0, 0.1) is 11.8 Å². The van der Waals surface area contributed by atoms with Crippen LogP contribution in [0.15, 0.2) is 0 Å². The molecule has 0 spiro atoms. The second-order valence-electron chi connectivity index (χ2n) is 6.48. The number of hydrogen-bond acceptors (Lipinski definition) is 2. The van der Waals surface area contributed by atoms with Gasteiger partial charge in [0.1, 0.15) is 5.54 Å². The molecule has 1 N–H and O–H groups in total. The van der Waals surface area contributed by atoms with Gasteiger partial charge in [0.05, 0.1) is 6.54 Å². The largest absolute Gasteiger partial charge is 0.341 e. The van der Waals surface area contributed by atoms with Crippen molar-refractivity contribution < 1.29 is 9.59 Å². The van der Waals surface area contributed by atoms with Crippen LogP contribution in [-0.2, 0) is 9.59 Å². The first-order valence-electron chi connectivity index (χ1n) is 6.99. The van der Waals surface area contributed by atoms with Crippen LogP contribution in [-0.4, -0.2) is 35.3 Å². The lowest BCUT2D eigenvalue weighted by molar-refractivity contribution is -0.149. The monoisotopic (exact) mass is 252 g/mol. The second kappa shape index (κ2) is 4.90. The van der Waals surface area contributed by atoms with E-state index in [-0.39, 0.29) is 18.4 Å². The highest BCUT2D eigenvalue weighted by Crippen LogP contribution is 2.29. The molecule has 1 saturated heterocycles. The Morgan fingerprint density at radius 2 is 1.83 bits per heavy atom. The molecule has 1 aliphatic heterocycles. The van der Waals surface area contributed by atoms with Crippen LogP contribution in [0.2, 0.25) is 0 Å². The maximum absolute atomic E-state index is 12.2. The second-order valence-corrected chi connectivity index (χ2v) is 6.48. The zero-order valence-corrected chi connectivity index (χ0v) is 11.7. The number of rotatable bonds is 2. The summed E-state index contributed by atoms with van der Waals surface area (Å²) in [4.78, 5) is 25.6. The molecular weight excluding hydrogens is 228 g/mol. The first-order chi connectivity index (χ1) is 8.38. The molecule has 2 rings (SSSR count). The molecule has 2 fully saturated rings. The zero-order chi connectivity index (χ0) is 13.3. The first-order valence-corrected chi connectivity index (χ1v) is 6.99. The molecule has 1 aliphatic carbocycles. The van der Waals surface area contributed by atoms with E-state index in [0.29, 0.717) is 5.92 Å². The van der Waals surface area contributed by atoms with Crippen LogP contribution < -0.4 is 5.32 Å². The Hall–Kier alpha value is -1.06. The maximum atomic E-state index is 12.2. The number of nitrogens with zero attached hydrogens (tertiary/aromatic N) is 1. The minimum Gasteiger partial charge on any atom is -0.341 e. The topological polar surface area (TPSA) is 49.4 Å². The summed E-state index contributed by atoms with van der Waals surface area (Å²) >= 11 is 0. The fourth-order valence-electron chi connectivity index (χ4n) is 3.05. The standard InChI is InChI=1S/C14H24N2O2/c1-10-4-6-11(7-5-10)8-16-9-12(17)15-14(2,3)13(16)18/h10-11H,4-9H2,1-3H3,(H,15,17). The number of carbonyl (C=O) groups excluding carboxylic acids is 2. The smallest absolute Gasteiger partial charge is 0.248 e. The highest BCUT2D eigenvalue weighted by atomic mass is 16.2. The molecule has 0 aromatic carbocycles.